The second-order valence-electron chi connectivity index (χ2n) is 7.38. The van der Waals surface area contributed by atoms with Crippen molar-refractivity contribution in [1.29, 1.82) is 0 Å². The Morgan fingerprint density at radius 2 is 1.89 bits per heavy atom. The van der Waals surface area contributed by atoms with Crippen LogP contribution in [-0.2, 0) is 14.3 Å². The Labute approximate surface area is 165 Å². The third-order valence-corrected chi connectivity index (χ3v) is 5.23. The number of carbonyl (C=O) groups excluding carboxylic acids is 3. The fourth-order valence-electron chi connectivity index (χ4n) is 3.75. The maximum Gasteiger partial charge on any atom is 0.319 e. The van der Waals surface area contributed by atoms with Gasteiger partial charge in [0.2, 0.25) is 11.8 Å². The van der Waals surface area contributed by atoms with Crippen LogP contribution in [0.25, 0.3) is 0 Å². The predicted molar refractivity (Wildman–Crippen MR) is 106 cm³/mol. The van der Waals surface area contributed by atoms with Crippen LogP contribution in [-0.4, -0.2) is 55.6 Å². The van der Waals surface area contributed by atoms with E-state index >= 15 is 0 Å². The number of methoxy groups -OCH3 is 1. The lowest BCUT2D eigenvalue weighted by molar-refractivity contribution is -0.128. The molecule has 1 aromatic rings. The fraction of sp³-hybridized carbons (Fsp3) is 0.550. The summed E-state index contributed by atoms with van der Waals surface area (Å²) in [5.41, 5.74) is 1.25. The minimum atomic E-state index is -0.370. The van der Waals surface area contributed by atoms with Crippen LogP contribution in [0.1, 0.15) is 32.1 Å². The first kappa shape index (κ1) is 20.1. The van der Waals surface area contributed by atoms with Crippen molar-refractivity contribution >= 4 is 29.2 Å². The number of amides is 4. The van der Waals surface area contributed by atoms with Crippen molar-refractivity contribution in [3.63, 3.8) is 0 Å². The van der Waals surface area contributed by atoms with Crippen molar-refractivity contribution in [3.8, 4) is 0 Å². The highest BCUT2D eigenvalue weighted by Gasteiger charge is 2.30. The van der Waals surface area contributed by atoms with E-state index < -0.39 is 0 Å². The summed E-state index contributed by atoms with van der Waals surface area (Å²) >= 11 is 0. The Bertz CT molecular complexity index is 718. The Morgan fingerprint density at radius 3 is 2.61 bits per heavy atom. The van der Waals surface area contributed by atoms with Gasteiger partial charge >= 0.3 is 6.03 Å². The summed E-state index contributed by atoms with van der Waals surface area (Å²) in [4.78, 5) is 38.2. The van der Waals surface area contributed by atoms with Crippen LogP contribution in [0.15, 0.2) is 24.3 Å². The van der Waals surface area contributed by atoms with Crippen molar-refractivity contribution < 1.29 is 19.1 Å². The zero-order valence-electron chi connectivity index (χ0n) is 16.2. The van der Waals surface area contributed by atoms with Crippen LogP contribution >= 0.6 is 0 Å². The van der Waals surface area contributed by atoms with Gasteiger partial charge < -0.3 is 25.6 Å². The average molecular weight is 388 g/mol. The maximum absolute atomic E-state index is 12.3. The van der Waals surface area contributed by atoms with E-state index in [-0.39, 0.29) is 36.2 Å². The van der Waals surface area contributed by atoms with Gasteiger partial charge in [-0.1, -0.05) is 18.9 Å². The van der Waals surface area contributed by atoms with Gasteiger partial charge in [0.1, 0.15) is 0 Å². The molecule has 2 fully saturated rings. The summed E-state index contributed by atoms with van der Waals surface area (Å²) in [6.07, 6.45) is 4.37. The highest BCUT2D eigenvalue weighted by atomic mass is 16.5. The standard InChI is InChI=1S/C20H28N4O4/c1-28-10-9-24-13-17(12-18(24)25)23-20(27)22-16-8-4-7-15(11-16)21-19(26)14-5-2-3-6-14/h4,7-8,11,14,17H,2-3,5-6,9-10,12-13H2,1H3,(H,21,26)(H2,22,23,27). The van der Waals surface area contributed by atoms with E-state index in [1.165, 1.54) is 0 Å². The largest absolute Gasteiger partial charge is 0.383 e. The third kappa shape index (κ3) is 5.45. The number of likely N-dealkylation sites (tertiary alicyclic amines) is 1. The first-order chi connectivity index (χ1) is 13.5. The lowest BCUT2D eigenvalue weighted by Crippen LogP contribution is -2.40. The molecule has 1 saturated heterocycles. The molecular weight excluding hydrogens is 360 g/mol. The van der Waals surface area contributed by atoms with Crippen LogP contribution in [0.2, 0.25) is 0 Å². The molecule has 1 unspecified atom stereocenters. The number of hydrogen-bond acceptors (Lipinski definition) is 4. The molecule has 152 valence electrons. The van der Waals surface area contributed by atoms with Gasteiger partial charge in [0, 0.05) is 43.9 Å². The predicted octanol–water partition coefficient (Wildman–Crippen LogP) is 2.18. The molecule has 1 saturated carbocycles. The van der Waals surface area contributed by atoms with Gasteiger partial charge in [-0.15, -0.1) is 0 Å². The number of rotatable bonds is 7. The van der Waals surface area contributed by atoms with Crippen LogP contribution in [0.5, 0.6) is 0 Å². The van der Waals surface area contributed by atoms with E-state index in [9.17, 15) is 14.4 Å². The highest BCUT2D eigenvalue weighted by Crippen LogP contribution is 2.26. The zero-order valence-corrected chi connectivity index (χ0v) is 16.2. The fourth-order valence-corrected chi connectivity index (χ4v) is 3.75. The van der Waals surface area contributed by atoms with Gasteiger partial charge in [0.25, 0.3) is 0 Å². The number of nitrogens with one attached hydrogen (secondary N) is 3. The molecular formula is C20H28N4O4. The first-order valence-corrected chi connectivity index (χ1v) is 9.80. The normalized spacial score (nSPS) is 19.7. The molecule has 4 amide bonds. The first-order valence-electron chi connectivity index (χ1n) is 9.80. The topological polar surface area (TPSA) is 99.8 Å². The van der Waals surface area contributed by atoms with E-state index in [4.69, 9.17) is 4.74 Å². The monoisotopic (exact) mass is 388 g/mol. The molecule has 0 aromatic heterocycles. The Balaban J connectivity index is 1.49. The summed E-state index contributed by atoms with van der Waals surface area (Å²) in [6.45, 7) is 1.48. The van der Waals surface area contributed by atoms with Crippen LogP contribution in [0.3, 0.4) is 0 Å². The molecule has 1 atom stereocenters. The van der Waals surface area contributed by atoms with Gasteiger partial charge in [-0.2, -0.15) is 0 Å². The van der Waals surface area contributed by atoms with Gasteiger partial charge in [-0.3, -0.25) is 9.59 Å². The molecule has 8 heteroatoms. The second-order valence-corrected chi connectivity index (χ2v) is 7.38. The number of carbonyl (C=O) groups is 3. The molecule has 0 bridgehead atoms. The average Bonchev–Trinajstić information content (AvgIpc) is 3.30. The van der Waals surface area contributed by atoms with Crippen molar-refractivity contribution in [3.05, 3.63) is 24.3 Å². The van der Waals surface area contributed by atoms with Crippen LogP contribution < -0.4 is 16.0 Å². The Kier molecular flexibility index (Phi) is 6.86. The number of benzene rings is 1. The molecule has 1 aromatic carbocycles. The van der Waals surface area contributed by atoms with Crippen molar-refractivity contribution in [2.45, 2.75) is 38.1 Å². The Morgan fingerprint density at radius 1 is 1.18 bits per heavy atom. The Hall–Kier alpha value is -2.61. The highest BCUT2D eigenvalue weighted by molar-refractivity contribution is 5.95. The van der Waals surface area contributed by atoms with Gasteiger partial charge in [-0.05, 0) is 31.0 Å². The van der Waals surface area contributed by atoms with Crippen molar-refractivity contribution in [2.24, 2.45) is 5.92 Å². The second kappa shape index (κ2) is 9.54. The lowest BCUT2D eigenvalue weighted by atomic mass is 10.1. The molecule has 3 rings (SSSR count). The summed E-state index contributed by atoms with van der Waals surface area (Å²) in [5, 5.41) is 8.53. The summed E-state index contributed by atoms with van der Waals surface area (Å²) < 4.78 is 4.99. The van der Waals surface area contributed by atoms with Crippen LogP contribution in [0, 0.1) is 5.92 Å². The molecule has 1 aliphatic heterocycles. The summed E-state index contributed by atoms with van der Waals surface area (Å²) in [5.74, 6) is 0.138. The number of urea groups is 1. The molecule has 0 radical (unpaired) electrons. The van der Waals surface area contributed by atoms with E-state index in [0.29, 0.717) is 31.1 Å². The smallest absolute Gasteiger partial charge is 0.319 e. The van der Waals surface area contributed by atoms with Gasteiger partial charge in [0.05, 0.1) is 12.6 Å². The molecule has 3 N–H and O–H groups in total. The molecule has 0 spiro atoms. The molecule has 2 aliphatic rings. The molecule has 1 aliphatic carbocycles. The number of anilines is 2. The van der Waals surface area contributed by atoms with E-state index in [2.05, 4.69) is 16.0 Å². The number of ether oxygens (including phenoxy) is 1. The van der Waals surface area contributed by atoms with E-state index in [0.717, 1.165) is 25.7 Å². The number of nitrogens with zero attached hydrogens (tertiary/aromatic N) is 1. The quantitative estimate of drug-likeness (QED) is 0.667. The van der Waals surface area contributed by atoms with Crippen molar-refractivity contribution in [1.82, 2.24) is 10.2 Å². The SMILES string of the molecule is COCCN1CC(NC(=O)Nc2cccc(NC(=O)C3CCCC3)c2)CC1=O. The van der Waals surface area contributed by atoms with Gasteiger partial charge in [-0.25, -0.2) is 4.79 Å². The van der Waals surface area contributed by atoms with E-state index in [1.807, 2.05) is 0 Å². The van der Waals surface area contributed by atoms with E-state index in [1.54, 1.807) is 36.3 Å². The third-order valence-electron chi connectivity index (χ3n) is 5.23. The number of hydrogen-bond donors (Lipinski definition) is 3. The minimum absolute atomic E-state index is 0.0129. The van der Waals surface area contributed by atoms with Gasteiger partial charge in [0.15, 0.2) is 0 Å². The van der Waals surface area contributed by atoms with Crippen molar-refractivity contribution in [2.75, 3.05) is 37.4 Å². The molecule has 28 heavy (non-hydrogen) atoms. The maximum atomic E-state index is 12.3. The lowest BCUT2D eigenvalue weighted by Gasteiger charge is -2.17. The summed E-state index contributed by atoms with van der Waals surface area (Å²) in [6, 6.07) is 6.48. The molecule has 8 nitrogen and oxygen atoms in total. The summed E-state index contributed by atoms with van der Waals surface area (Å²) in [7, 11) is 1.59. The minimum Gasteiger partial charge on any atom is -0.383 e. The van der Waals surface area contributed by atoms with Crippen LogP contribution in [0.4, 0.5) is 16.2 Å². The zero-order chi connectivity index (χ0) is 19.9. The molecule has 1 heterocycles.